The lowest BCUT2D eigenvalue weighted by atomic mass is 10.3. The van der Waals surface area contributed by atoms with Crippen molar-refractivity contribution in [3.63, 3.8) is 0 Å². The Balaban J connectivity index is 2.02. The summed E-state index contributed by atoms with van der Waals surface area (Å²) in [6, 6.07) is 5.01. The normalized spacial score (nSPS) is 11.1. The molecule has 0 bridgehead atoms. The first-order chi connectivity index (χ1) is 7.79. The Morgan fingerprint density at radius 2 is 2.25 bits per heavy atom. The van der Waals surface area contributed by atoms with Crippen molar-refractivity contribution in [1.29, 1.82) is 0 Å². The van der Waals surface area contributed by atoms with Crippen molar-refractivity contribution in [2.75, 3.05) is 20.3 Å². The van der Waals surface area contributed by atoms with Crippen molar-refractivity contribution in [3.8, 4) is 5.75 Å². The standard InChI is InChI=1S/C11H14N2O3/c1-15-4-5-16-7-11-12-9-3-2-8(14)6-10(9)13-11/h2-3,6,14H,4-5,7H2,1H3,(H,12,13). The molecule has 1 aromatic heterocycles. The topological polar surface area (TPSA) is 67.4 Å². The first-order valence-corrected chi connectivity index (χ1v) is 5.04. The number of hydrogen-bond acceptors (Lipinski definition) is 4. The Hall–Kier alpha value is -1.59. The van der Waals surface area contributed by atoms with E-state index in [4.69, 9.17) is 9.47 Å². The second-order valence-electron chi connectivity index (χ2n) is 3.43. The summed E-state index contributed by atoms with van der Waals surface area (Å²) in [5, 5.41) is 9.29. The first kappa shape index (κ1) is 10.9. The van der Waals surface area contributed by atoms with E-state index in [0.717, 1.165) is 16.9 Å². The number of aromatic hydroxyl groups is 1. The summed E-state index contributed by atoms with van der Waals surface area (Å²) in [7, 11) is 1.63. The number of rotatable bonds is 5. The van der Waals surface area contributed by atoms with Gasteiger partial charge in [-0.25, -0.2) is 4.98 Å². The molecule has 5 nitrogen and oxygen atoms in total. The molecular weight excluding hydrogens is 208 g/mol. The molecule has 0 aliphatic rings. The highest BCUT2D eigenvalue weighted by molar-refractivity contribution is 5.76. The lowest BCUT2D eigenvalue weighted by molar-refractivity contribution is 0.0590. The van der Waals surface area contributed by atoms with E-state index in [-0.39, 0.29) is 5.75 Å². The van der Waals surface area contributed by atoms with Crippen LogP contribution in [0.5, 0.6) is 5.75 Å². The smallest absolute Gasteiger partial charge is 0.133 e. The molecule has 0 radical (unpaired) electrons. The molecule has 1 aromatic carbocycles. The summed E-state index contributed by atoms with van der Waals surface area (Å²) in [6.45, 7) is 1.53. The molecule has 0 unspecified atom stereocenters. The van der Waals surface area contributed by atoms with E-state index in [9.17, 15) is 5.11 Å². The fourth-order valence-electron chi connectivity index (χ4n) is 1.43. The van der Waals surface area contributed by atoms with Gasteiger partial charge in [-0.2, -0.15) is 0 Å². The number of aromatic nitrogens is 2. The van der Waals surface area contributed by atoms with Crippen molar-refractivity contribution in [3.05, 3.63) is 24.0 Å². The third-order valence-electron chi connectivity index (χ3n) is 2.19. The number of nitrogens with one attached hydrogen (secondary N) is 1. The summed E-state index contributed by atoms with van der Waals surface area (Å²) in [5.74, 6) is 0.972. The second-order valence-corrected chi connectivity index (χ2v) is 3.43. The minimum absolute atomic E-state index is 0.225. The molecule has 0 atom stereocenters. The summed E-state index contributed by atoms with van der Waals surface area (Å²) < 4.78 is 10.2. The highest BCUT2D eigenvalue weighted by Crippen LogP contribution is 2.17. The Kier molecular flexibility index (Phi) is 3.38. The van der Waals surface area contributed by atoms with E-state index in [1.54, 1.807) is 25.3 Å². The van der Waals surface area contributed by atoms with Gasteiger partial charge in [-0.05, 0) is 12.1 Å². The molecule has 0 saturated heterocycles. The number of phenolic OH excluding ortho intramolecular Hbond substituents is 1. The van der Waals surface area contributed by atoms with Gasteiger partial charge in [0.1, 0.15) is 18.2 Å². The number of ether oxygens (including phenoxy) is 2. The molecule has 5 heteroatoms. The SMILES string of the molecule is COCCOCc1nc2ccc(O)cc2[nH]1. The quantitative estimate of drug-likeness (QED) is 0.751. The van der Waals surface area contributed by atoms with Crippen molar-refractivity contribution in [2.45, 2.75) is 6.61 Å². The molecule has 0 saturated carbocycles. The largest absolute Gasteiger partial charge is 0.508 e. The zero-order chi connectivity index (χ0) is 11.4. The van der Waals surface area contributed by atoms with Gasteiger partial charge in [0, 0.05) is 13.2 Å². The average molecular weight is 222 g/mol. The van der Waals surface area contributed by atoms with Gasteiger partial charge in [-0.3, -0.25) is 0 Å². The lowest BCUT2D eigenvalue weighted by Gasteiger charge is -1.99. The van der Waals surface area contributed by atoms with Gasteiger partial charge in [-0.1, -0.05) is 0 Å². The first-order valence-electron chi connectivity index (χ1n) is 5.04. The van der Waals surface area contributed by atoms with Crippen molar-refractivity contribution in [2.24, 2.45) is 0 Å². The number of nitrogens with zero attached hydrogens (tertiary/aromatic N) is 1. The van der Waals surface area contributed by atoms with Gasteiger partial charge in [0.15, 0.2) is 0 Å². The summed E-state index contributed by atoms with van der Waals surface area (Å²) in [4.78, 5) is 7.40. The Morgan fingerprint density at radius 1 is 1.38 bits per heavy atom. The molecule has 0 amide bonds. The highest BCUT2D eigenvalue weighted by Gasteiger charge is 2.03. The number of phenols is 1. The average Bonchev–Trinajstić information content (AvgIpc) is 2.66. The molecule has 2 rings (SSSR count). The van der Waals surface area contributed by atoms with E-state index in [2.05, 4.69) is 9.97 Å². The fraction of sp³-hybridized carbons (Fsp3) is 0.364. The van der Waals surface area contributed by atoms with Crippen LogP contribution in [-0.4, -0.2) is 35.4 Å². The van der Waals surface area contributed by atoms with Crippen molar-refractivity contribution in [1.82, 2.24) is 9.97 Å². The highest BCUT2D eigenvalue weighted by atomic mass is 16.5. The van der Waals surface area contributed by atoms with E-state index in [0.29, 0.717) is 19.8 Å². The van der Waals surface area contributed by atoms with Crippen LogP contribution in [0, 0.1) is 0 Å². The zero-order valence-corrected chi connectivity index (χ0v) is 9.06. The van der Waals surface area contributed by atoms with Gasteiger partial charge in [0.2, 0.25) is 0 Å². The van der Waals surface area contributed by atoms with E-state index >= 15 is 0 Å². The van der Waals surface area contributed by atoms with Crippen LogP contribution in [0.3, 0.4) is 0 Å². The summed E-state index contributed by atoms with van der Waals surface area (Å²) in [5.41, 5.74) is 1.63. The number of imidazole rings is 1. The van der Waals surface area contributed by atoms with E-state index in [1.165, 1.54) is 0 Å². The predicted octanol–water partition coefficient (Wildman–Crippen LogP) is 1.43. The van der Waals surface area contributed by atoms with Crippen LogP contribution in [0.25, 0.3) is 11.0 Å². The number of H-pyrrole nitrogens is 1. The van der Waals surface area contributed by atoms with Crippen LogP contribution in [0.4, 0.5) is 0 Å². The summed E-state index contributed by atoms with van der Waals surface area (Å²) >= 11 is 0. The minimum atomic E-state index is 0.225. The maximum atomic E-state index is 9.29. The van der Waals surface area contributed by atoms with Gasteiger partial charge >= 0.3 is 0 Å². The number of fused-ring (bicyclic) bond motifs is 1. The third kappa shape index (κ3) is 2.50. The molecule has 0 aliphatic carbocycles. The van der Waals surface area contributed by atoms with Crippen LogP contribution in [0.1, 0.15) is 5.82 Å². The Labute approximate surface area is 93.0 Å². The van der Waals surface area contributed by atoms with E-state index in [1.807, 2.05) is 0 Å². The minimum Gasteiger partial charge on any atom is -0.508 e. The molecular formula is C11H14N2O3. The Morgan fingerprint density at radius 3 is 3.06 bits per heavy atom. The molecule has 0 spiro atoms. The lowest BCUT2D eigenvalue weighted by Crippen LogP contribution is -2.02. The number of methoxy groups -OCH3 is 1. The van der Waals surface area contributed by atoms with E-state index < -0.39 is 0 Å². The fourth-order valence-corrected chi connectivity index (χ4v) is 1.43. The maximum Gasteiger partial charge on any atom is 0.133 e. The number of hydrogen-bond donors (Lipinski definition) is 2. The maximum absolute atomic E-state index is 9.29. The van der Waals surface area contributed by atoms with Gasteiger partial charge in [0.25, 0.3) is 0 Å². The molecule has 86 valence electrons. The van der Waals surface area contributed by atoms with Crippen LogP contribution >= 0.6 is 0 Å². The van der Waals surface area contributed by atoms with Crippen molar-refractivity contribution < 1.29 is 14.6 Å². The van der Waals surface area contributed by atoms with Crippen LogP contribution in [0.2, 0.25) is 0 Å². The molecule has 16 heavy (non-hydrogen) atoms. The molecule has 0 fully saturated rings. The van der Waals surface area contributed by atoms with Crippen LogP contribution in [-0.2, 0) is 16.1 Å². The van der Waals surface area contributed by atoms with Crippen LogP contribution < -0.4 is 0 Å². The number of benzene rings is 1. The second kappa shape index (κ2) is 4.96. The molecule has 1 heterocycles. The van der Waals surface area contributed by atoms with Crippen molar-refractivity contribution >= 4 is 11.0 Å². The molecule has 0 aliphatic heterocycles. The van der Waals surface area contributed by atoms with Gasteiger partial charge in [-0.15, -0.1) is 0 Å². The van der Waals surface area contributed by atoms with Crippen LogP contribution in [0.15, 0.2) is 18.2 Å². The Bertz CT molecular complexity index is 467. The molecule has 2 aromatic rings. The zero-order valence-electron chi connectivity index (χ0n) is 9.06. The molecule has 2 N–H and O–H groups in total. The van der Waals surface area contributed by atoms with Gasteiger partial charge < -0.3 is 19.6 Å². The predicted molar refractivity (Wildman–Crippen MR) is 59.3 cm³/mol. The number of aromatic amines is 1. The third-order valence-corrected chi connectivity index (χ3v) is 2.19. The summed E-state index contributed by atoms with van der Waals surface area (Å²) in [6.07, 6.45) is 0. The van der Waals surface area contributed by atoms with Gasteiger partial charge in [0.05, 0.1) is 24.2 Å². The monoisotopic (exact) mass is 222 g/mol.